The summed E-state index contributed by atoms with van der Waals surface area (Å²) in [4.78, 5) is 23.1. The number of halogens is 1. The number of nitrogens with two attached hydrogens (primary N) is 1. The molecule has 2 rings (SSSR count). The molecule has 1 unspecified atom stereocenters. The Morgan fingerprint density at radius 3 is 2.35 bits per heavy atom. The van der Waals surface area contributed by atoms with Crippen LogP contribution in [0.3, 0.4) is 0 Å². The number of carbonyl (C=O) groups excluding carboxylic acids is 2. The minimum Gasteiger partial charge on any atom is -0.508 e. The first-order valence-corrected chi connectivity index (χ1v) is 7.24. The van der Waals surface area contributed by atoms with E-state index in [-0.39, 0.29) is 12.2 Å². The van der Waals surface area contributed by atoms with E-state index in [9.17, 15) is 14.7 Å². The average molecular weight is 333 g/mol. The lowest BCUT2D eigenvalue weighted by molar-refractivity contribution is -0.128. The van der Waals surface area contributed by atoms with Crippen molar-refractivity contribution in [3.63, 3.8) is 0 Å². The second kappa shape index (κ2) is 7.76. The van der Waals surface area contributed by atoms with Crippen LogP contribution in [0.25, 0.3) is 0 Å². The van der Waals surface area contributed by atoms with Gasteiger partial charge in [0.25, 0.3) is 0 Å². The van der Waals surface area contributed by atoms with Gasteiger partial charge in [-0.2, -0.15) is 0 Å². The second-order valence-corrected chi connectivity index (χ2v) is 5.45. The number of phenolic OH excluding ortho intramolecular Hbond substituents is 1. The number of phenols is 1. The van der Waals surface area contributed by atoms with Gasteiger partial charge in [0.2, 0.25) is 0 Å². The number of rotatable bonds is 7. The average Bonchev–Trinajstić information content (AvgIpc) is 2.55. The summed E-state index contributed by atoms with van der Waals surface area (Å²) in [6.07, 6.45) is -0.873. The number of ether oxygens (including phenoxy) is 1. The van der Waals surface area contributed by atoms with Crippen LogP contribution in [0.15, 0.2) is 48.5 Å². The number of hydrogen-bond acceptors (Lipinski definition) is 5. The van der Waals surface area contributed by atoms with Crippen molar-refractivity contribution in [2.24, 2.45) is 5.73 Å². The van der Waals surface area contributed by atoms with Gasteiger partial charge < -0.3 is 15.6 Å². The molecular formula is C17H15ClNO4. The lowest BCUT2D eigenvalue weighted by atomic mass is 9.96. The van der Waals surface area contributed by atoms with Crippen molar-refractivity contribution < 1.29 is 19.4 Å². The molecule has 2 aromatic carbocycles. The predicted molar refractivity (Wildman–Crippen MR) is 85.8 cm³/mol. The molecule has 0 saturated carbocycles. The monoisotopic (exact) mass is 332 g/mol. The fourth-order valence-electron chi connectivity index (χ4n) is 2.16. The molecule has 0 aliphatic rings. The van der Waals surface area contributed by atoms with Crippen molar-refractivity contribution >= 4 is 23.9 Å². The summed E-state index contributed by atoms with van der Waals surface area (Å²) < 4.78 is 4.79. The smallest absolute Gasteiger partial charge is 0.418 e. The molecule has 2 aromatic rings. The van der Waals surface area contributed by atoms with Crippen LogP contribution in [0.4, 0.5) is 0 Å². The molecule has 3 N–H and O–H groups in total. The van der Waals surface area contributed by atoms with Crippen LogP contribution in [0, 0.1) is 0 Å². The number of Topliss-reactive ketones (excluding diaryl/α,β-unsaturated/α-hetero) is 1. The SMILES string of the molecule is N[C@@H](Cc1ccc(O)cc1)C(=O)C(O[C]=O)c1ccc(Cl)cc1. The number of carbonyl (C=O) groups is 1. The highest BCUT2D eigenvalue weighted by Gasteiger charge is 2.27. The van der Waals surface area contributed by atoms with Crippen LogP contribution in [-0.2, 0) is 20.7 Å². The van der Waals surface area contributed by atoms with Crippen molar-refractivity contribution in [1.29, 1.82) is 0 Å². The van der Waals surface area contributed by atoms with Crippen LogP contribution in [-0.4, -0.2) is 23.4 Å². The highest BCUT2D eigenvalue weighted by atomic mass is 35.5. The molecule has 0 aliphatic heterocycles. The Balaban J connectivity index is 2.14. The molecule has 0 saturated heterocycles. The van der Waals surface area contributed by atoms with Crippen molar-refractivity contribution in [1.82, 2.24) is 0 Å². The molecule has 0 aliphatic carbocycles. The van der Waals surface area contributed by atoms with Gasteiger partial charge in [0.15, 0.2) is 11.9 Å². The Labute approximate surface area is 138 Å². The lowest BCUT2D eigenvalue weighted by Gasteiger charge is -2.18. The normalized spacial score (nSPS) is 13.1. The molecule has 0 fully saturated rings. The van der Waals surface area contributed by atoms with E-state index in [1.165, 1.54) is 18.6 Å². The summed E-state index contributed by atoms with van der Waals surface area (Å²) in [6, 6.07) is 11.9. The third kappa shape index (κ3) is 4.55. The minimum absolute atomic E-state index is 0.131. The molecule has 2 atom stereocenters. The van der Waals surface area contributed by atoms with Crippen molar-refractivity contribution in [2.75, 3.05) is 0 Å². The molecule has 1 radical (unpaired) electrons. The molecule has 0 aromatic heterocycles. The highest BCUT2D eigenvalue weighted by Crippen LogP contribution is 2.22. The second-order valence-electron chi connectivity index (χ2n) is 5.01. The first-order valence-electron chi connectivity index (χ1n) is 6.86. The number of aromatic hydroxyl groups is 1. The Morgan fingerprint density at radius 1 is 1.17 bits per heavy atom. The summed E-state index contributed by atoms with van der Waals surface area (Å²) in [7, 11) is 0. The molecule has 0 spiro atoms. The predicted octanol–water partition coefficient (Wildman–Crippen LogP) is 2.31. The quantitative estimate of drug-likeness (QED) is 0.812. The third-order valence-corrected chi connectivity index (χ3v) is 3.61. The molecule has 23 heavy (non-hydrogen) atoms. The Bertz CT molecular complexity index is 670. The van der Waals surface area contributed by atoms with Crippen LogP contribution in [0.5, 0.6) is 5.75 Å². The van der Waals surface area contributed by atoms with E-state index in [0.29, 0.717) is 10.6 Å². The van der Waals surface area contributed by atoms with Gasteiger partial charge >= 0.3 is 6.47 Å². The molecule has 0 bridgehead atoms. The molecular weight excluding hydrogens is 318 g/mol. The minimum atomic E-state index is -1.13. The Morgan fingerprint density at radius 2 is 1.78 bits per heavy atom. The Hall–Kier alpha value is -2.37. The number of hydrogen-bond donors (Lipinski definition) is 2. The zero-order valence-corrected chi connectivity index (χ0v) is 12.9. The van der Waals surface area contributed by atoms with E-state index in [4.69, 9.17) is 22.1 Å². The molecule has 119 valence electrons. The van der Waals surface area contributed by atoms with Crippen LogP contribution in [0.1, 0.15) is 17.2 Å². The van der Waals surface area contributed by atoms with Gasteiger partial charge in [0.05, 0.1) is 6.04 Å². The maximum atomic E-state index is 12.5. The van der Waals surface area contributed by atoms with E-state index in [0.717, 1.165) is 5.56 Å². The van der Waals surface area contributed by atoms with Gasteiger partial charge in [-0.05, 0) is 36.2 Å². The first-order chi connectivity index (χ1) is 11.0. The van der Waals surface area contributed by atoms with Gasteiger partial charge in [-0.1, -0.05) is 35.9 Å². The standard InChI is InChI=1S/C17H15ClNO4/c18-13-5-3-12(4-6-13)17(23-10-20)16(22)15(19)9-11-1-7-14(21)8-2-11/h1-8,15,17,21H,9,19H2/t15-,17?/m0/s1. The van der Waals surface area contributed by atoms with Crippen molar-refractivity contribution in [3.05, 3.63) is 64.7 Å². The van der Waals surface area contributed by atoms with Gasteiger partial charge in [0, 0.05) is 10.6 Å². The molecule has 0 heterocycles. The summed E-state index contributed by atoms with van der Waals surface area (Å²) in [5, 5.41) is 9.76. The summed E-state index contributed by atoms with van der Waals surface area (Å²) in [5.41, 5.74) is 7.20. The summed E-state index contributed by atoms with van der Waals surface area (Å²) in [5.74, 6) is -0.310. The van der Waals surface area contributed by atoms with E-state index >= 15 is 0 Å². The zero-order valence-electron chi connectivity index (χ0n) is 12.1. The maximum absolute atomic E-state index is 12.5. The zero-order chi connectivity index (χ0) is 16.8. The van der Waals surface area contributed by atoms with E-state index < -0.39 is 17.9 Å². The summed E-state index contributed by atoms with van der Waals surface area (Å²) in [6.45, 7) is 1.30. The van der Waals surface area contributed by atoms with Gasteiger partial charge in [-0.25, -0.2) is 4.79 Å². The van der Waals surface area contributed by atoms with Crippen molar-refractivity contribution in [3.8, 4) is 5.75 Å². The van der Waals surface area contributed by atoms with Crippen LogP contribution < -0.4 is 5.73 Å². The van der Waals surface area contributed by atoms with Crippen LogP contribution in [0.2, 0.25) is 5.02 Å². The Kier molecular flexibility index (Phi) is 5.73. The maximum Gasteiger partial charge on any atom is 0.418 e. The fourth-order valence-corrected chi connectivity index (χ4v) is 2.28. The highest BCUT2D eigenvalue weighted by molar-refractivity contribution is 6.30. The first kappa shape index (κ1) is 17.0. The van der Waals surface area contributed by atoms with E-state index in [1.54, 1.807) is 36.4 Å². The topological polar surface area (TPSA) is 89.6 Å². The van der Waals surface area contributed by atoms with Gasteiger partial charge in [-0.15, -0.1) is 0 Å². The van der Waals surface area contributed by atoms with E-state index in [2.05, 4.69) is 0 Å². The van der Waals surface area contributed by atoms with Crippen LogP contribution >= 0.6 is 11.6 Å². The largest absolute Gasteiger partial charge is 0.508 e. The van der Waals surface area contributed by atoms with Gasteiger partial charge in [0.1, 0.15) is 5.75 Å². The van der Waals surface area contributed by atoms with E-state index in [1.807, 2.05) is 0 Å². The third-order valence-electron chi connectivity index (χ3n) is 3.35. The fraction of sp³-hybridized carbons (Fsp3) is 0.176. The molecule has 6 heteroatoms. The number of ketones is 1. The number of benzene rings is 2. The van der Waals surface area contributed by atoms with Crippen molar-refractivity contribution in [2.45, 2.75) is 18.6 Å². The summed E-state index contributed by atoms with van der Waals surface area (Å²) >= 11 is 5.81. The molecule has 0 amide bonds. The lowest BCUT2D eigenvalue weighted by Crippen LogP contribution is -2.37. The molecule has 5 nitrogen and oxygen atoms in total. The van der Waals surface area contributed by atoms with Gasteiger partial charge in [-0.3, -0.25) is 4.79 Å².